The van der Waals surface area contributed by atoms with Crippen LogP contribution in [0.25, 0.3) is 0 Å². The number of phosphoric acid groups is 1. The van der Waals surface area contributed by atoms with Crippen LogP contribution in [0.1, 0.15) is 239 Å². The molecule has 0 aromatic heterocycles. The highest BCUT2D eigenvalue weighted by molar-refractivity contribution is 7.47. The van der Waals surface area contributed by atoms with E-state index in [1.807, 2.05) is 21.1 Å². The van der Waals surface area contributed by atoms with Crippen LogP contribution in [0.2, 0.25) is 0 Å². The Balaban J connectivity index is 4.13. The van der Waals surface area contributed by atoms with Crippen molar-refractivity contribution in [3.63, 3.8) is 0 Å². The molecule has 0 aliphatic carbocycles. The van der Waals surface area contributed by atoms with Gasteiger partial charge in [-0.25, -0.2) is 4.57 Å². The molecule has 8 nitrogen and oxygen atoms in total. The Labute approximate surface area is 385 Å². The first-order valence-electron chi connectivity index (χ1n) is 26.2. The second-order valence-electron chi connectivity index (χ2n) is 18.9. The molecule has 0 aliphatic rings. The highest BCUT2D eigenvalue weighted by Gasteiger charge is 2.26. The maximum absolute atomic E-state index is 12.8. The van der Waals surface area contributed by atoms with Crippen LogP contribution >= 0.6 is 7.82 Å². The molecule has 0 aliphatic heterocycles. The van der Waals surface area contributed by atoms with Crippen LogP contribution in [0.4, 0.5) is 0 Å². The number of hydrogen-bond donors (Lipinski definition) is 1. The molecule has 0 spiro atoms. The topological polar surface area (TPSA) is 91.3 Å². The molecule has 0 rings (SSSR count). The molecule has 0 saturated carbocycles. The van der Waals surface area contributed by atoms with Gasteiger partial charge in [0, 0.05) is 13.0 Å². The molecule has 2 atom stereocenters. The predicted molar refractivity (Wildman–Crippen MR) is 266 cm³/mol. The van der Waals surface area contributed by atoms with E-state index in [4.69, 9.17) is 18.5 Å². The van der Waals surface area contributed by atoms with Gasteiger partial charge in [-0.15, -0.1) is 0 Å². The van der Waals surface area contributed by atoms with Crippen LogP contribution in [-0.2, 0) is 27.9 Å². The summed E-state index contributed by atoms with van der Waals surface area (Å²) >= 11 is 0. The van der Waals surface area contributed by atoms with Crippen LogP contribution < -0.4 is 0 Å². The minimum Gasteiger partial charge on any atom is -0.457 e. The van der Waals surface area contributed by atoms with Crippen molar-refractivity contribution in [3.8, 4) is 0 Å². The maximum Gasteiger partial charge on any atom is 0.472 e. The van der Waals surface area contributed by atoms with E-state index >= 15 is 0 Å². The molecule has 0 heterocycles. The third-order valence-electron chi connectivity index (χ3n) is 11.5. The summed E-state index contributed by atoms with van der Waals surface area (Å²) in [5.74, 6) is -0.317. The van der Waals surface area contributed by atoms with E-state index in [1.54, 1.807) is 0 Å². The highest BCUT2D eigenvalue weighted by Crippen LogP contribution is 2.43. The Morgan fingerprint density at radius 2 is 0.887 bits per heavy atom. The van der Waals surface area contributed by atoms with E-state index < -0.39 is 13.9 Å². The van der Waals surface area contributed by atoms with Gasteiger partial charge in [0.25, 0.3) is 0 Å². The molecule has 62 heavy (non-hydrogen) atoms. The van der Waals surface area contributed by atoms with Crippen LogP contribution in [0, 0.1) is 0 Å². The number of carbonyl (C=O) groups is 1. The average molecular weight is 897 g/mol. The molecule has 9 heteroatoms. The van der Waals surface area contributed by atoms with Crippen molar-refractivity contribution < 1.29 is 37.3 Å². The van der Waals surface area contributed by atoms with Gasteiger partial charge in [0.15, 0.2) is 0 Å². The van der Waals surface area contributed by atoms with Crippen LogP contribution in [0.3, 0.4) is 0 Å². The van der Waals surface area contributed by atoms with Crippen molar-refractivity contribution in [1.29, 1.82) is 0 Å². The number of ether oxygens (including phenoxy) is 2. The van der Waals surface area contributed by atoms with Crippen LogP contribution in [0.15, 0.2) is 36.5 Å². The van der Waals surface area contributed by atoms with E-state index in [1.165, 1.54) is 167 Å². The van der Waals surface area contributed by atoms with Gasteiger partial charge in [0.1, 0.15) is 19.3 Å². The Morgan fingerprint density at radius 1 is 0.500 bits per heavy atom. The number of phosphoric ester groups is 1. The fourth-order valence-corrected chi connectivity index (χ4v) is 8.13. The van der Waals surface area contributed by atoms with Crippen molar-refractivity contribution in [2.24, 2.45) is 0 Å². The van der Waals surface area contributed by atoms with Gasteiger partial charge in [-0.1, -0.05) is 217 Å². The lowest BCUT2D eigenvalue weighted by Crippen LogP contribution is -2.37. The summed E-state index contributed by atoms with van der Waals surface area (Å²) in [5, 5.41) is 0. The quantitative estimate of drug-likeness (QED) is 0.0214. The Morgan fingerprint density at radius 3 is 1.32 bits per heavy atom. The average Bonchev–Trinajstić information content (AvgIpc) is 3.23. The summed E-state index contributed by atoms with van der Waals surface area (Å²) in [7, 11) is 1.67. The fraction of sp³-hybridized carbons (Fsp3) is 0.868. The zero-order valence-corrected chi connectivity index (χ0v) is 42.5. The molecule has 0 aromatic rings. The second kappa shape index (κ2) is 46.3. The maximum atomic E-state index is 12.8. The first kappa shape index (κ1) is 60.7. The summed E-state index contributed by atoms with van der Waals surface area (Å²) in [6.07, 6.45) is 56.1. The van der Waals surface area contributed by atoms with Gasteiger partial charge in [-0.05, 0) is 51.4 Å². The van der Waals surface area contributed by atoms with Gasteiger partial charge in [-0.2, -0.15) is 0 Å². The van der Waals surface area contributed by atoms with Gasteiger partial charge in [0.2, 0.25) is 0 Å². The van der Waals surface area contributed by atoms with Crippen molar-refractivity contribution in [1.82, 2.24) is 0 Å². The third-order valence-corrected chi connectivity index (χ3v) is 12.4. The number of hydrogen-bond acceptors (Lipinski definition) is 6. The molecule has 0 fully saturated rings. The first-order chi connectivity index (χ1) is 30.1. The fourth-order valence-electron chi connectivity index (χ4n) is 7.39. The number of carbonyl (C=O) groups excluding carboxylic acids is 1. The molecule has 0 bridgehead atoms. The van der Waals surface area contributed by atoms with Crippen molar-refractivity contribution in [3.05, 3.63) is 36.5 Å². The lowest BCUT2D eigenvalue weighted by molar-refractivity contribution is -0.870. The lowest BCUT2D eigenvalue weighted by atomic mass is 10.0. The monoisotopic (exact) mass is 897 g/mol. The predicted octanol–water partition coefficient (Wildman–Crippen LogP) is 16.1. The molecular weight excluding hydrogens is 794 g/mol. The van der Waals surface area contributed by atoms with E-state index in [0.29, 0.717) is 24.1 Å². The molecule has 366 valence electrons. The largest absolute Gasteiger partial charge is 0.472 e. The number of allylic oxidation sites excluding steroid dienone is 6. The minimum atomic E-state index is -4.28. The second-order valence-corrected chi connectivity index (χ2v) is 20.4. The summed E-state index contributed by atoms with van der Waals surface area (Å²) in [6, 6.07) is 0. The molecule has 0 radical (unpaired) electrons. The number of esters is 1. The number of nitrogens with zero attached hydrogens (tertiary/aromatic N) is 1. The van der Waals surface area contributed by atoms with E-state index in [9.17, 15) is 14.3 Å². The number of likely N-dealkylation sites (N-methyl/N-ethyl adjacent to an activating group) is 1. The summed E-state index contributed by atoms with van der Waals surface area (Å²) in [4.78, 5) is 23.0. The number of quaternary nitrogens is 1. The van der Waals surface area contributed by atoms with Gasteiger partial charge >= 0.3 is 13.8 Å². The Hall–Kier alpha value is -1.28. The Kier molecular flexibility index (Phi) is 45.3. The number of unbranched alkanes of at least 4 members (excludes halogenated alkanes) is 29. The SMILES string of the molecule is CCCCCCC/C=C\C/C=C\C/C=C\CCCCCCCCCCC(=O)OC(COCCCCCCCCCCCCCCCCCCC)COP(=O)(O)OCC[N+](C)(C)C. The van der Waals surface area contributed by atoms with Gasteiger partial charge in [-0.3, -0.25) is 13.8 Å². The smallest absolute Gasteiger partial charge is 0.457 e. The number of rotatable bonds is 49. The molecule has 0 saturated heterocycles. The summed E-state index contributed by atoms with van der Waals surface area (Å²) < 4.78 is 35.2. The first-order valence-corrected chi connectivity index (χ1v) is 27.7. The minimum absolute atomic E-state index is 0.0882. The van der Waals surface area contributed by atoms with Gasteiger partial charge < -0.3 is 18.9 Å². The van der Waals surface area contributed by atoms with Crippen molar-refractivity contribution >= 4 is 13.8 Å². The van der Waals surface area contributed by atoms with E-state index in [2.05, 4.69) is 50.3 Å². The highest BCUT2D eigenvalue weighted by atomic mass is 31.2. The Bertz CT molecular complexity index is 1090. The molecule has 0 amide bonds. The lowest BCUT2D eigenvalue weighted by Gasteiger charge is -2.24. The zero-order valence-electron chi connectivity index (χ0n) is 41.6. The standard InChI is InChI=1S/C53H102NO7P/c1-6-8-10-12-14-16-18-20-22-24-25-26-27-28-29-30-32-34-36-38-40-42-44-46-53(55)61-52(51-60-62(56,57)59-49-47-54(3,4)5)50-58-48-45-43-41-39-37-35-33-31-23-21-19-17-15-13-11-9-7-2/h18,20,24-25,27-28,52H,6-17,19,21-23,26,29-51H2,1-5H3/p+1/b20-18-,25-24-,28-27-. The summed E-state index contributed by atoms with van der Waals surface area (Å²) in [5.41, 5.74) is 0. The van der Waals surface area contributed by atoms with Crippen molar-refractivity contribution in [2.75, 3.05) is 54.1 Å². The summed E-state index contributed by atoms with van der Waals surface area (Å²) in [6.45, 7) is 5.65. The normalized spacial score (nSPS) is 13.8. The molecule has 2 unspecified atom stereocenters. The van der Waals surface area contributed by atoms with Crippen LogP contribution in [-0.4, -0.2) is 75.6 Å². The third kappa shape index (κ3) is 49.7. The van der Waals surface area contributed by atoms with Crippen molar-refractivity contribution in [2.45, 2.75) is 245 Å². The van der Waals surface area contributed by atoms with Crippen LogP contribution in [0.5, 0.6) is 0 Å². The van der Waals surface area contributed by atoms with E-state index in [0.717, 1.165) is 51.4 Å². The molecule has 1 N–H and O–H groups in total. The van der Waals surface area contributed by atoms with Gasteiger partial charge in [0.05, 0.1) is 34.4 Å². The van der Waals surface area contributed by atoms with E-state index in [-0.39, 0.29) is 25.8 Å². The molecular formula is C53H103NO7P+. The zero-order chi connectivity index (χ0) is 45.5. The molecule has 0 aromatic carbocycles.